The molecule has 0 unspecified atom stereocenters. The fourth-order valence-corrected chi connectivity index (χ4v) is 3.05. The highest BCUT2D eigenvalue weighted by atomic mass is 35.6. The van der Waals surface area contributed by atoms with Crippen LogP contribution in [0.3, 0.4) is 0 Å². The summed E-state index contributed by atoms with van der Waals surface area (Å²) in [6.07, 6.45) is -2.68. The zero-order valence-electron chi connectivity index (χ0n) is 10.1. The molecule has 22 heavy (non-hydrogen) atoms. The zero-order chi connectivity index (χ0) is 16.9. The molecule has 0 saturated heterocycles. The van der Waals surface area contributed by atoms with Gasteiger partial charge in [-0.2, -0.15) is 8.42 Å². The van der Waals surface area contributed by atoms with Gasteiger partial charge in [0.25, 0.3) is 13.9 Å². The Kier molecular flexibility index (Phi) is 5.32. The van der Waals surface area contributed by atoms with Crippen LogP contribution in [0.25, 0.3) is 0 Å². The van der Waals surface area contributed by atoms with Crippen molar-refractivity contribution >= 4 is 79.7 Å². The number of ether oxygens (including phenoxy) is 2. The first-order valence-corrected chi connectivity index (χ1v) is 9.08. The van der Waals surface area contributed by atoms with Gasteiger partial charge in [0.15, 0.2) is 0 Å². The second-order valence-corrected chi connectivity index (χ2v) is 10.4. The Morgan fingerprint density at radius 1 is 1.05 bits per heavy atom. The molecule has 124 valence electrons. The van der Waals surface area contributed by atoms with Crippen LogP contribution in [0.4, 0.5) is 0 Å². The van der Waals surface area contributed by atoms with Gasteiger partial charge in [-0.1, -0.05) is 69.6 Å². The molecule has 12 heteroatoms. The zero-order valence-corrected chi connectivity index (χ0v) is 15.5. The molecule has 1 aliphatic rings. The molecule has 0 spiro atoms. The van der Waals surface area contributed by atoms with Crippen LogP contribution in [0.1, 0.15) is 11.7 Å². The van der Waals surface area contributed by atoms with Crippen LogP contribution in [0.2, 0.25) is 0 Å². The molecule has 1 heterocycles. The van der Waals surface area contributed by atoms with Crippen LogP contribution in [0.15, 0.2) is 23.1 Å². The van der Waals surface area contributed by atoms with Crippen molar-refractivity contribution in [2.75, 3.05) is 0 Å². The van der Waals surface area contributed by atoms with Crippen molar-refractivity contribution in [3.8, 4) is 5.75 Å². The van der Waals surface area contributed by atoms with Crippen molar-refractivity contribution in [3.05, 3.63) is 23.8 Å². The Bertz CT molecular complexity index is 680. The lowest BCUT2D eigenvalue weighted by molar-refractivity contribution is -0.136. The normalized spacial score (nSPS) is 22.9. The van der Waals surface area contributed by atoms with Gasteiger partial charge in [-0.05, 0) is 18.2 Å². The minimum atomic E-state index is -4.47. The van der Waals surface area contributed by atoms with E-state index in [-0.39, 0.29) is 11.3 Å². The van der Waals surface area contributed by atoms with Gasteiger partial charge in [0, 0.05) is 5.56 Å². The number of halogens is 6. The topological polar surface area (TPSA) is 72.8 Å². The monoisotopic (exact) mass is 448 g/mol. The largest absolute Gasteiger partial charge is 0.460 e. The summed E-state index contributed by atoms with van der Waals surface area (Å²) in [7, 11) is -4.47. The van der Waals surface area contributed by atoms with Crippen molar-refractivity contribution in [1.29, 1.82) is 0 Å². The SMILES string of the molecule is O=S(=O)(O)c1ccc2c(c1)[C@@H](C(Cl)(Cl)Cl)O[C@@H](C(Cl)(Cl)Cl)O2. The van der Waals surface area contributed by atoms with E-state index in [4.69, 9.17) is 83.6 Å². The number of benzene rings is 1. The molecule has 5 nitrogen and oxygen atoms in total. The Morgan fingerprint density at radius 2 is 1.64 bits per heavy atom. The Labute approximate surface area is 156 Å². The average molecular weight is 451 g/mol. The third-order valence-corrected chi connectivity index (χ3v) is 4.60. The van der Waals surface area contributed by atoms with Crippen molar-refractivity contribution in [3.63, 3.8) is 0 Å². The first-order chi connectivity index (χ1) is 9.80. The molecule has 1 N–H and O–H groups in total. The van der Waals surface area contributed by atoms with Gasteiger partial charge in [-0.25, -0.2) is 0 Å². The van der Waals surface area contributed by atoms with E-state index in [0.29, 0.717) is 0 Å². The highest BCUT2D eigenvalue weighted by Gasteiger charge is 2.48. The van der Waals surface area contributed by atoms with Crippen molar-refractivity contribution in [2.24, 2.45) is 0 Å². The van der Waals surface area contributed by atoms with Crippen LogP contribution in [0, 0.1) is 0 Å². The van der Waals surface area contributed by atoms with Crippen LogP contribution in [-0.4, -0.2) is 26.8 Å². The summed E-state index contributed by atoms with van der Waals surface area (Å²) < 4.78 is 38.2. The van der Waals surface area contributed by atoms with Crippen LogP contribution in [-0.2, 0) is 14.9 Å². The quantitative estimate of drug-likeness (QED) is 0.505. The molecule has 1 aliphatic heterocycles. The second kappa shape index (κ2) is 6.17. The van der Waals surface area contributed by atoms with Crippen molar-refractivity contribution in [2.45, 2.75) is 24.9 Å². The van der Waals surface area contributed by atoms with Gasteiger partial charge >= 0.3 is 0 Å². The van der Waals surface area contributed by atoms with E-state index in [1.165, 1.54) is 6.07 Å². The van der Waals surface area contributed by atoms with Crippen LogP contribution in [0.5, 0.6) is 5.75 Å². The Hall–Kier alpha value is 0.630. The molecule has 2 rings (SSSR count). The molecule has 1 aromatic rings. The molecule has 0 saturated carbocycles. The maximum Gasteiger partial charge on any atom is 0.294 e. The lowest BCUT2D eigenvalue weighted by Crippen LogP contribution is -2.42. The van der Waals surface area contributed by atoms with E-state index in [1.807, 2.05) is 0 Å². The van der Waals surface area contributed by atoms with Gasteiger partial charge < -0.3 is 9.47 Å². The summed E-state index contributed by atoms with van der Waals surface area (Å²) in [6, 6.07) is 3.37. The molecule has 0 fully saturated rings. The summed E-state index contributed by atoms with van der Waals surface area (Å²) in [6.45, 7) is 0. The van der Waals surface area contributed by atoms with Crippen LogP contribution < -0.4 is 4.74 Å². The molecule has 1 aromatic carbocycles. The molecular weight excluding hydrogens is 445 g/mol. The predicted octanol–water partition coefficient (Wildman–Crippen LogP) is 4.45. The minimum absolute atomic E-state index is 0.0700. The van der Waals surface area contributed by atoms with E-state index < -0.39 is 35.0 Å². The molecule has 0 aromatic heterocycles. The van der Waals surface area contributed by atoms with Gasteiger partial charge in [0.2, 0.25) is 10.1 Å². The Morgan fingerprint density at radius 3 is 2.09 bits per heavy atom. The van der Waals surface area contributed by atoms with Gasteiger partial charge in [0.05, 0.1) is 4.90 Å². The summed E-state index contributed by atoms with van der Waals surface area (Å²) >= 11 is 34.6. The lowest BCUT2D eigenvalue weighted by atomic mass is 10.1. The number of hydrogen-bond acceptors (Lipinski definition) is 4. The second-order valence-electron chi connectivity index (χ2n) is 4.22. The molecular formula is C10H6Cl6O5S. The smallest absolute Gasteiger partial charge is 0.294 e. The minimum Gasteiger partial charge on any atom is -0.460 e. The van der Waals surface area contributed by atoms with E-state index in [1.54, 1.807) is 0 Å². The van der Waals surface area contributed by atoms with E-state index in [0.717, 1.165) is 12.1 Å². The summed E-state index contributed by atoms with van der Waals surface area (Å²) in [4.78, 5) is -0.426. The van der Waals surface area contributed by atoms with Crippen LogP contribution >= 0.6 is 69.6 Å². The van der Waals surface area contributed by atoms with Crippen molar-refractivity contribution in [1.82, 2.24) is 0 Å². The summed E-state index contributed by atoms with van der Waals surface area (Å²) in [5.74, 6) is 0.0892. The predicted molar refractivity (Wildman–Crippen MR) is 85.1 cm³/mol. The van der Waals surface area contributed by atoms with Gasteiger partial charge in [0.1, 0.15) is 11.9 Å². The summed E-state index contributed by atoms with van der Waals surface area (Å²) in [5.41, 5.74) is 0.0700. The van der Waals surface area contributed by atoms with E-state index in [9.17, 15) is 8.42 Å². The molecule has 0 aliphatic carbocycles. The molecule has 0 radical (unpaired) electrons. The third-order valence-electron chi connectivity index (χ3n) is 2.62. The standard InChI is InChI=1S/C10H6Cl6O5S/c11-9(12,13)7-5-3-4(22(17,18)19)1-2-6(5)20-8(21-7)10(14,15)16/h1-3,7-8H,(H,17,18,19)/t7-,8-/m0/s1. The van der Waals surface area contributed by atoms with Gasteiger partial charge in [-0.3, -0.25) is 4.55 Å². The lowest BCUT2D eigenvalue weighted by Gasteiger charge is -2.38. The van der Waals surface area contributed by atoms with Gasteiger partial charge in [-0.15, -0.1) is 0 Å². The third kappa shape index (κ3) is 4.18. The number of fused-ring (bicyclic) bond motifs is 1. The number of hydrogen-bond donors (Lipinski definition) is 1. The highest BCUT2D eigenvalue weighted by Crippen LogP contribution is 2.51. The fourth-order valence-electron chi connectivity index (χ4n) is 1.74. The number of rotatable bonds is 1. The average Bonchev–Trinajstić information content (AvgIpc) is 2.33. The maximum absolute atomic E-state index is 11.2. The number of alkyl halides is 6. The summed E-state index contributed by atoms with van der Waals surface area (Å²) in [5, 5.41) is 0. The van der Waals surface area contributed by atoms with E-state index >= 15 is 0 Å². The maximum atomic E-state index is 11.2. The molecule has 0 amide bonds. The first kappa shape index (κ1) is 19.0. The van der Waals surface area contributed by atoms with Crippen molar-refractivity contribution < 1.29 is 22.4 Å². The Balaban J connectivity index is 2.57. The molecule has 2 atom stereocenters. The first-order valence-electron chi connectivity index (χ1n) is 5.37. The fraction of sp³-hybridized carbons (Fsp3) is 0.400. The molecule has 0 bridgehead atoms. The van der Waals surface area contributed by atoms with E-state index in [2.05, 4.69) is 0 Å². The highest BCUT2D eigenvalue weighted by molar-refractivity contribution is 7.85.